The van der Waals surface area contributed by atoms with Crippen LogP contribution in [0, 0.1) is 24.1 Å². The van der Waals surface area contributed by atoms with E-state index in [4.69, 9.17) is 0 Å². The molecule has 0 spiro atoms. The number of hydrogen-bond donors (Lipinski definition) is 0. The molecule has 0 saturated heterocycles. The summed E-state index contributed by atoms with van der Waals surface area (Å²) in [4.78, 5) is 1.94. The van der Waals surface area contributed by atoms with Gasteiger partial charge in [-0.05, 0) is 24.6 Å². The molecule has 0 fully saturated rings. The Morgan fingerprint density at radius 3 is 2.58 bits per heavy atom. The Labute approximate surface area is 111 Å². The van der Waals surface area contributed by atoms with Gasteiger partial charge in [-0.2, -0.15) is 10.4 Å². The fourth-order valence-corrected chi connectivity index (χ4v) is 2.15. The van der Waals surface area contributed by atoms with E-state index in [9.17, 15) is 9.65 Å². The highest BCUT2D eigenvalue weighted by Crippen LogP contribution is 2.22. The minimum absolute atomic E-state index is 0.250. The molecule has 0 radical (unpaired) electrons. The van der Waals surface area contributed by atoms with Gasteiger partial charge >= 0.3 is 0 Å². The number of rotatable bonds is 3. The van der Waals surface area contributed by atoms with Gasteiger partial charge in [-0.15, -0.1) is 0 Å². The van der Waals surface area contributed by atoms with E-state index in [2.05, 4.69) is 11.2 Å². The van der Waals surface area contributed by atoms with Crippen molar-refractivity contribution in [2.24, 2.45) is 7.05 Å². The zero-order valence-corrected chi connectivity index (χ0v) is 11.2. The molecule has 0 bridgehead atoms. The van der Waals surface area contributed by atoms with Crippen LogP contribution in [-0.4, -0.2) is 16.8 Å². The van der Waals surface area contributed by atoms with E-state index in [1.54, 1.807) is 16.8 Å². The maximum atomic E-state index is 12.9. The molecule has 4 nitrogen and oxygen atoms in total. The van der Waals surface area contributed by atoms with Crippen molar-refractivity contribution in [2.75, 3.05) is 11.9 Å². The van der Waals surface area contributed by atoms with Crippen LogP contribution >= 0.6 is 0 Å². The van der Waals surface area contributed by atoms with E-state index in [0.29, 0.717) is 17.8 Å². The van der Waals surface area contributed by atoms with Gasteiger partial charge in [0, 0.05) is 20.6 Å². The van der Waals surface area contributed by atoms with E-state index in [1.807, 2.05) is 25.9 Å². The third-order valence-electron chi connectivity index (χ3n) is 3.00. The Hall–Kier alpha value is -2.35. The van der Waals surface area contributed by atoms with Crippen molar-refractivity contribution < 1.29 is 4.39 Å². The van der Waals surface area contributed by atoms with E-state index in [1.165, 1.54) is 12.1 Å². The summed E-state index contributed by atoms with van der Waals surface area (Å²) < 4.78 is 14.6. The van der Waals surface area contributed by atoms with Crippen LogP contribution in [0.1, 0.15) is 16.8 Å². The lowest BCUT2D eigenvalue weighted by Crippen LogP contribution is -2.20. The first-order valence-electron chi connectivity index (χ1n) is 5.92. The molecule has 0 saturated carbocycles. The van der Waals surface area contributed by atoms with E-state index in [-0.39, 0.29) is 5.82 Å². The second-order valence-corrected chi connectivity index (χ2v) is 4.50. The Morgan fingerprint density at radius 1 is 1.37 bits per heavy atom. The summed E-state index contributed by atoms with van der Waals surface area (Å²) in [7, 11) is 3.70. The van der Waals surface area contributed by atoms with Crippen molar-refractivity contribution in [1.82, 2.24) is 9.78 Å². The van der Waals surface area contributed by atoms with Gasteiger partial charge in [0.1, 0.15) is 23.3 Å². The first-order valence-corrected chi connectivity index (χ1v) is 5.92. The Kier molecular flexibility index (Phi) is 3.52. The van der Waals surface area contributed by atoms with Crippen LogP contribution in [-0.2, 0) is 13.6 Å². The monoisotopic (exact) mass is 258 g/mol. The number of nitrogens with zero attached hydrogens (tertiary/aromatic N) is 4. The molecule has 1 aromatic carbocycles. The molecular weight excluding hydrogens is 243 g/mol. The van der Waals surface area contributed by atoms with E-state index in [0.717, 1.165) is 11.4 Å². The predicted molar refractivity (Wildman–Crippen MR) is 71.2 cm³/mol. The smallest absolute Gasteiger partial charge is 0.145 e. The molecule has 0 aliphatic heterocycles. The molecule has 5 heteroatoms. The zero-order valence-electron chi connectivity index (χ0n) is 11.2. The number of benzene rings is 1. The summed E-state index contributed by atoms with van der Waals surface area (Å²) in [5, 5.41) is 13.4. The second kappa shape index (κ2) is 5.11. The number of halogens is 1. The SMILES string of the molecule is Cc1nn(C)c(N(C)Cc2ccc(F)cc2)c1C#N. The highest BCUT2D eigenvalue weighted by Gasteiger charge is 2.16. The molecule has 0 amide bonds. The summed E-state index contributed by atoms with van der Waals surface area (Å²) in [5.41, 5.74) is 2.27. The quantitative estimate of drug-likeness (QED) is 0.849. The molecular formula is C14H15FN4. The first kappa shape index (κ1) is 13.1. The molecule has 0 aliphatic carbocycles. The highest BCUT2D eigenvalue weighted by atomic mass is 19.1. The Balaban J connectivity index is 2.28. The summed E-state index contributed by atoms with van der Waals surface area (Å²) in [5.74, 6) is 0.518. The van der Waals surface area contributed by atoms with Gasteiger partial charge in [0.2, 0.25) is 0 Å². The largest absolute Gasteiger partial charge is 0.354 e. The lowest BCUT2D eigenvalue weighted by Gasteiger charge is -2.19. The Morgan fingerprint density at radius 2 is 2.00 bits per heavy atom. The number of aromatic nitrogens is 2. The van der Waals surface area contributed by atoms with E-state index < -0.39 is 0 Å². The number of nitriles is 1. The van der Waals surface area contributed by atoms with Gasteiger partial charge in [-0.1, -0.05) is 12.1 Å². The van der Waals surface area contributed by atoms with Gasteiger partial charge in [-0.25, -0.2) is 4.39 Å². The predicted octanol–water partition coefficient (Wildman–Crippen LogP) is 2.38. The minimum Gasteiger partial charge on any atom is -0.354 e. The van der Waals surface area contributed by atoms with Crippen molar-refractivity contribution in [3.05, 3.63) is 46.9 Å². The molecule has 0 aliphatic rings. The summed E-state index contributed by atoms with van der Waals surface area (Å²) in [6.45, 7) is 2.40. The van der Waals surface area contributed by atoms with Gasteiger partial charge in [0.15, 0.2) is 0 Å². The van der Waals surface area contributed by atoms with Crippen molar-refractivity contribution >= 4 is 5.82 Å². The van der Waals surface area contributed by atoms with Gasteiger partial charge in [0.25, 0.3) is 0 Å². The maximum absolute atomic E-state index is 12.9. The first-order chi connectivity index (χ1) is 9.02. The molecule has 2 rings (SSSR count). The van der Waals surface area contributed by atoms with Crippen molar-refractivity contribution in [2.45, 2.75) is 13.5 Å². The van der Waals surface area contributed by atoms with Crippen LogP contribution in [0.15, 0.2) is 24.3 Å². The standard InChI is InChI=1S/C14H15FN4/c1-10-13(8-16)14(19(3)17-10)18(2)9-11-4-6-12(15)7-5-11/h4-7H,9H2,1-3H3. The zero-order chi connectivity index (χ0) is 14.0. The molecule has 1 heterocycles. The number of anilines is 1. The lowest BCUT2D eigenvalue weighted by atomic mass is 10.2. The second-order valence-electron chi connectivity index (χ2n) is 4.50. The van der Waals surface area contributed by atoms with Crippen LogP contribution in [0.25, 0.3) is 0 Å². The van der Waals surface area contributed by atoms with Crippen molar-refractivity contribution in [3.63, 3.8) is 0 Å². The molecule has 0 atom stereocenters. The molecule has 1 aromatic heterocycles. The van der Waals surface area contributed by atoms with E-state index >= 15 is 0 Å². The lowest BCUT2D eigenvalue weighted by molar-refractivity contribution is 0.626. The number of hydrogen-bond acceptors (Lipinski definition) is 3. The van der Waals surface area contributed by atoms with Gasteiger partial charge in [-0.3, -0.25) is 4.68 Å². The van der Waals surface area contributed by atoms with Crippen LogP contribution in [0.3, 0.4) is 0 Å². The Bertz CT molecular complexity index is 622. The fourth-order valence-electron chi connectivity index (χ4n) is 2.15. The van der Waals surface area contributed by atoms with Crippen LogP contribution < -0.4 is 4.90 Å². The topological polar surface area (TPSA) is 44.9 Å². The molecule has 19 heavy (non-hydrogen) atoms. The van der Waals surface area contributed by atoms with Crippen molar-refractivity contribution in [3.8, 4) is 6.07 Å². The minimum atomic E-state index is -0.250. The summed E-state index contributed by atoms with van der Waals surface area (Å²) in [6.07, 6.45) is 0. The summed E-state index contributed by atoms with van der Waals surface area (Å²) in [6, 6.07) is 8.52. The average Bonchev–Trinajstić information content (AvgIpc) is 2.66. The molecule has 2 aromatic rings. The third-order valence-corrected chi connectivity index (χ3v) is 3.00. The van der Waals surface area contributed by atoms with Crippen LogP contribution in [0.2, 0.25) is 0 Å². The van der Waals surface area contributed by atoms with Crippen LogP contribution in [0.4, 0.5) is 10.2 Å². The molecule has 0 unspecified atom stereocenters. The normalized spacial score (nSPS) is 10.3. The molecule has 98 valence electrons. The van der Waals surface area contributed by atoms with Gasteiger partial charge in [0.05, 0.1) is 5.69 Å². The average molecular weight is 258 g/mol. The highest BCUT2D eigenvalue weighted by molar-refractivity contribution is 5.56. The van der Waals surface area contributed by atoms with Gasteiger partial charge < -0.3 is 4.90 Å². The van der Waals surface area contributed by atoms with Crippen LogP contribution in [0.5, 0.6) is 0 Å². The third kappa shape index (κ3) is 2.58. The fraction of sp³-hybridized carbons (Fsp3) is 0.286. The molecule has 0 N–H and O–H groups in total. The maximum Gasteiger partial charge on any atom is 0.145 e. The summed E-state index contributed by atoms with van der Waals surface area (Å²) >= 11 is 0. The van der Waals surface area contributed by atoms with Crippen molar-refractivity contribution in [1.29, 1.82) is 5.26 Å². The number of aryl methyl sites for hydroxylation is 2.